The quantitative estimate of drug-likeness (QED) is 0.793. The van der Waals surface area contributed by atoms with Crippen LogP contribution in [0.1, 0.15) is 23.1 Å². The van der Waals surface area contributed by atoms with Crippen LogP contribution < -0.4 is 4.74 Å². The number of hydrogen-bond acceptors (Lipinski definition) is 1. The lowest BCUT2D eigenvalue weighted by atomic mass is 10.1. The minimum absolute atomic E-state index is 0.605. The van der Waals surface area contributed by atoms with Crippen LogP contribution in [0.15, 0.2) is 42.5 Å². The van der Waals surface area contributed by atoms with Crippen molar-refractivity contribution in [2.75, 3.05) is 0 Å². The minimum Gasteiger partial charge on any atom is -0.489 e. The first-order valence-corrected chi connectivity index (χ1v) is 6.69. The summed E-state index contributed by atoms with van der Waals surface area (Å²) >= 11 is 6.13. The van der Waals surface area contributed by atoms with Gasteiger partial charge < -0.3 is 4.74 Å². The van der Waals surface area contributed by atoms with E-state index in [0.29, 0.717) is 6.61 Å². The molecule has 0 saturated heterocycles. The van der Waals surface area contributed by atoms with Gasteiger partial charge in [0.2, 0.25) is 0 Å². The van der Waals surface area contributed by atoms with Crippen molar-refractivity contribution in [2.45, 2.75) is 25.9 Å². The second-order valence-corrected chi connectivity index (χ2v) is 5.11. The Morgan fingerprint density at radius 1 is 1.06 bits per heavy atom. The van der Waals surface area contributed by atoms with Crippen molar-refractivity contribution in [3.63, 3.8) is 0 Å². The molecule has 0 unspecified atom stereocenters. The van der Waals surface area contributed by atoms with Crippen molar-refractivity contribution in [3.05, 3.63) is 64.2 Å². The minimum atomic E-state index is 0.605. The molecule has 0 fully saturated rings. The van der Waals surface area contributed by atoms with E-state index in [1.807, 2.05) is 24.3 Å². The van der Waals surface area contributed by atoms with Crippen molar-refractivity contribution in [1.82, 2.24) is 0 Å². The third kappa shape index (κ3) is 2.37. The molecule has 18 heavy (non-hydrogen) atoms. The van der Waals surface area contributed by atoms with Gasteiger partial charge in [0.05, 0.1) is 0 Å². The highest BCUT2D eigenvalue weighted by atomic mass is 35.5. The van der Waals surface area contributed by atoms with Crippen molar-refractivity contribution in [2.24, 2.45) is 0 Å². The second-order valence-electron chi connectivity index (χ2n) is 4.67. The molecule has 0 N–H and O–H groups in total. The lowest BCUT2D eigenvalue weighted by Crippen LogP contribution is -1.98. The number of aryl methyl sites for hydroxylation is 1. The molecule has 1 aliphatic carbocycles. The molecule has 2 aromatic rings. The fourth-order valence-electron chi connectivity index (χ4n) is 2.49. The lowest BCUT2D eigenvalue weighted by molar-refractivity contribution is 0.303. The largest absolute Gasteiger partial charge is 0.489 e. The highest BCUT2D eigenvalue weighted by Crippen LogP contribution is 2.34. The molecule has 1 nitrogen and oxygen atoms in total. The van der Waals surface area contributed by atoms with Gasteiger partial charge >= 0.3 is 0 Å². The van der Waals surface area contributed by atoms with Crippen LogP contribution in [0, 0.1) is 0 Å². The molecule has 0 aliphatic heterocycles. The maximum atomic E-state index is 6.13. The normalized spacial score (nSPS) is 13.4. The van der Waals surface area contributed by atoms with Gasteiger partial charge in [0.1, 0.15) is 12.4 Å². The van der Waals surface area contributed by atoms with Gasteiger partial charge in [0.15, 0.2) is 0 Å². The van der Waals surface area contributed by atoms with E-state index in [0.717, 1.165) is 23.6 Å². The van der Waals surface area contributed by atoms with E-state index >= 15 is 0 Å². The molecule has 0 amide bonds. The van der Waals surface area contributed by atoms with E-state index in [4.69, 9.17) is 16.3 Å². The van der Waals surface area contributed by atoms with E-state index in [9.17, 15) is 0 Å². The molecule has 0 atom stereocenters. The summed E-state index contributed by atoms with van der Waals surface area (Å²) in [5, 5.41) is 0.777. The molecule has 2 aromatic carbocycles. The van der Waals surface area contributed by atoms with Gasteiger partial charge in [-0.25, -0.2) is 0 Å². The third-order valence-corrected chi connectivity index (χ3v) is 3.59. The Kier molecular flexibility index (Phi) is 3.24. The Labute approximate surface area is 112 Å². The molecule has 0 bridgehead atoms. The molecule has 2 heteroatoms. The first-order valence-electron chi connectivity index (χ1n) is 6.31. The van der Waals surface area contributed by atoms with Crippen LogP contribution in [-0.4, -0.2) is 0 Å². The van der Waals surface area contributed by atoms with Crippen LogP contribution in [-0.2, 0) is 19.4 Å². The average molecular weight is 259 g/mol. The van der Waals surface area contributed by atoms with Gasteiger partial charge in [0.25, 0.3) is 0 Å². The second kappa shape index (κ2) is 5.03. The fourth-order valence-corrected chi connectivity index (χ4v) is 2.72. The van der Waals surface area contributed by atoms with Crippen molar-refractivity contribution in [1.29, 1.82) is 0 Å². The highest BCUT2D eigenvalue weighted by Gasteiger charge is 2.16. The zero-order valence-corrected chi connectivity index (χ0v) is 10.9. The molecule has 92 valence electrons. The number of halogens is 1. The Hall–Kier alpha value is -1.47. The number of benzene rings is 2. The third-order valence-electron chi connectivity index (χ3n) is 3.38. The summed E-state index contributed by atoms with van der Waals surface area (Å²) < 4.78 is 5.93. The van der Waals surface area contributed by atoms with Crippen molar-refractivity contribution in [3.8, 4) is 5.75 Å². The van der Waals surface area contributed by atoms with E-state index in [-0.39, 0.29) is 0 Å². The summed E-state index contributed by atoms with van der Waals surface area (Å²) in [6, 6.07) is 14.2. The molecule has 3 rings (SSSR count). The molecule has 0 spiro atoms. The Bertz CT molecular complexity index is 549. The molecular weight excluding hydrogens is 244 g/mol. The van der Waals surface area contributed by atoms with E-state index in [2.05, 4.69) is 18.2 Å². The Morgan fingerprint density at radius 2 is 1.89 bits per heavy atom. The molecule has 1 aliphatic rings. The predicted octanol–water partition coefficient (Wildman–Crippen LogP) is 4.41. The van der Waals surface area contributed by atoms with Crippen LogP contribution >= 0.6 is 11.6 Å². The highest BCUT2D eigenvalue weighted by molar-refractivity contribution is 6.30. The van der Waals surface area contributed by atoms with Gasteiger partial charge in [-0.3, -0.25) is 0 Å². The van der Waals surface area contributed by atoms with Gasteiger partial charge in [-0.15, -0.1) is 0 Å². The maximum absolute atomic E-state index is 6.13. The van der Waals surface area contributed by atoms with Crippen molar-refractivity contribution >= 4 is 11.6 Å². The number of hydrogen-bond donors (Lipinski definition) is 0. The molecule has 0 saturated carbocycles. The van der Waals surface area contributed by atoms with Crippen molar-refractivity contribution < 1.29 is 4.74 Å². The first kappa shape index (κ1) is 11.6. The van der Waals surface area contributed by atoms with Crippen LogP contribution in [0.4, 0.5) is 0 Å². The predicted molar refractivity (Wildman–Crippen MR) is 74.3 cm³/mol. The van der Waals surface area contributed by atoms with E-state index < -0.39 is 0 Å². The van der Waals surface area contributed by atoms with E-state index in [1.165, 1.54) is 23.1 Å². The Balaban J connectivity index is 1.81. The summed E-state index contributed by atoms with van der Waals surface area (Å²) in [6.07, 6.45) is 3.44. The molecular formula is C16H15ClO. The van der Waals surface area contributed by atoms with Gasteiger partial charge in [0, 0.05) is 5.02 Å². The van der Waals surface area contributed by atoms with Crippen LogP contribution in [0.5, 0.6) is 5.75 Å². The van der Waals surface area contributed by atoms with Crippen LogP contribution in [0.3, 0.4) is 0 Å². The Morgan fingerprint density at radius 3 is 2.72 bits per heavy atom. The summed E-state index contributed by atoms with van der Waals surface area (Å²) in [7, 11) is 0. The fraction of sp³-hybridized carbons (Fsp3) is 0.250. The summed E-state index contributed by atoms with van der Waals surface area (Å²) in [5.74, 6) is 0.957. The lowest BCUT2D eigenvalue weighted by Gasteiger charge is -2.11. The number of ether oxygens (including phenoxy) is 1. The van der Waals surface area contributed by atoms with Gasteiger partial charge in [-0.2, -0.15) is 0 Å². The topological polar surface area (TPSA) is 9.23 Å². The maximum Gasteiger partial charge on any atom is 0.124 e. The average Bonchev–Trinajstić information content (AvgIpc) is 2.85. The van der Waals surface area contributed by atoms with Crippen LogP contribution in [0.2, 0.25) is 5.02 Å². The first-order chi connectivity index (χ1) is 8.83. The zero-order valence-electron chi connectivity index (χ0n) is 10.2. The number of fused-ring (bicyclic) bond motifs is 1. The number of rotatable bonds is 3. The van der Waals surface area contributed by atoms with E-state index in [1.54, 1.807) is 0 Å². The summed E-state index contributed by atoms with van der Waals surface area (Å²) in [4.78, 5) is 0. The summed E-state index contributed by atoms with van der Waals surface area (Å²) in [5.41, 5.74) is 3.88. The van der Waals surface area contributed by atoms with Gasteiger partial charge in [-0.05, 0) is 48.1 Å². The molecule has 0 heterocycles. The molecule has 0 aromatic heterocycles. The van der Waals surface area contributed by atoms with Gasteiger partial charge in [-0.1, -0.05) is 41.9 Å². The zero-order chi connectivity index (χ0) is 12.4. The molecule has 0 radical (unpaired) electrons. The monoisotopic (exact) mass is 258 g/mol. The standard InChI is InChI=1S/C16H15ClO/c17-14-9-13-7-4-8-15(13)16(10-14)18-11-12-5-2-1-3-6-12/h1-3,5-6,9-10H,4,7-8,11H2. The summed E-state index contributed by atoms with van der Waals surface area (Å²) in [6.45, 7) is 0.605. The smallest absolute Gasteiger partial charge is 0.124 e. The SMILES string of the molecule is Clc1cc2c(c(OCc3ccccc3)c1)CCC2. The van der Waals surface area contributed by atoms with Crippen LogP contribution in [0.25, 0.3) is 0 Å².